The highest BCUT2D eigenvalue weighted by atomic mass is 16.1. The average molecular weight is 185 g/mol. The summed E-state index contributed by atoms with van der Waals surface area (Å²) in [7, 11) is 0. The number of allylic oxidation sites excluding steroid dienone is 2. The van der Waals surface area contributed by atoms with Gasteiger partial charge in [0.15, 0.2) is 0 Å². The van der Waals surface area contributed by atoms with Crippen molar-refractivity contribution in [2.45, 2.75) is 13.3 Å². The molecule has 0 radical (unpaired) electrons. The molecule has 2 rings (SSSR count). The summed E-state index contributed by atoms with van der Waals surface area (Å²) in [6, 6.07) is 7.53. The molecule has 1 heterocycles. The van der Waals surface area contributed by atoms with Crippen LogP contribution >= 0.6 is 0 Å². The van der Waals surface area contributed by atoms with Crippen molar-refractivity contribution in [2.75, 3.05) is 0 Å². The fourth-order valence-electron chi connectivity index (χ4n) is 1.49. The predicted molar refractivity (Wildman–Crippen MR) is 56.7 cm³/mol. The Morgan fingerprint density at radius 3 is 2.93 bits per heavy atom. The lowest BCUT2D eigenvalue weighted by Gasteiger charge is -2.09. The van der Waals surface area contributed by atoms with Crippen molar-refractivity contribution in [1.82, 2.24) is 0 Å². The number of ketones is 1. The van der Waals surface area contributed by atoms with E-state index in [1.54, 1.807) is 6.21 Å². The average Bonchev–Trinajstić information content (AvgIpc) is 2.23. The van der Waals surface area contributed by atoms with Crippen LogP contribution in [-0.4, -0.2) is 12.0 Å². The maximum atomic E-state index is 11.8. The van der Waals surface area contributed by atoms with Gasteiger partial charge in [-0.15, -0.1) is 0 Å². The number of benzene rings is 1. The monoisotopic (exact) mass is 185 g/mol. The normalized spacial score (nSPS) is 17.2. The highest BCUT2D eigenvalue weighted by Crippen LogP contribution is 2.18. The molecule has 1 aliphatic rings. The van der Waals surface area contributed by atoms with Crippen LogP contribution in [0.3, 0.4) is 0 Å². The molecule has 70 valence electrons. The van der Waals surface area contributed by atoms with Gasteiger partial charge in [-0.05, 0) is 6.42 Å². The molecule has 2 heteroatoms. The summed E-state index contributed by atoms with van der Waals surface area (Å²) in [4.78, 5) is 16.0. The zero-order valence-corrected chi connectivity index (χ0v) is 8.03. The molecule has 0 atom stereocenters. The number of carbonyl (C=O) groups excluding carboxylic acids is 1. The maximum Gasteiger partial charge on any atom is 0.211 e. The van der Waals surface area contributed by atoms with Gasteiger partial charge >= 0.3 is 0 Å². The molecule has 0 unspecified atom stereocenters. The van der Waals surface area contributed by atoms with Gasteiger partial charge in [0.05, 0.1) is 0 Å². The van der Waals surface area contributed by atoms with E-state index in [1.165, 1.54) is 0 Å². The smallest absolute Gasteiger partial charge is 0.211 e. The SMILES string of the molecule is CC/C=C1\N=Cc2ccccc2C1=O. The second-order valence-corrected chi connectivity index (χ2v) is 3.17. The van der Waals surface area contributed by atoms with E-state index in [4.69, 9.17) is 0 Å². The Labute approximate surface area is 83.0 Å². The van der Waals surface area contributed by atoms with Gasteiger partial charge in [-0.2, -0.15) is 0 Å². The summed E-state index contributed by atoms with van der Waals surface area (Å²) in [6.07, 6.45) is 4.44. The molecule has 0 saturated carbocycles. The Morgan fingerprint density at radius 2 is 2.14 bits per heavy atom. The molecule has 1 aromatic rings. The third kappa shape index (κ3) is 1.39. The molecule has 1 aliphatic heterocycles. The van der Waals surface area contributed by atoms with E-state index < -0.39 is 0 Å². The molecule has 0 aromatic heterocycles. The molecular formula is C12H11NO. The van der Waals surface area contributed by atoms with Crippen molar-refractivity contribution in [1.29, 1.82) is 0 Å². The number of hydrogen-bond donors (Lipinski definition) is 0. The highest BCUT2D eigenvalue weighted by molar-refractivity contribution is 6.16. The molecule has 1 aromatic carbocycles. The summed E-state index contributed by atoms with van der Waals surface area (Å²) in [6.45, 7) is 2.00. The first kappa shape index (κ1) is 8.88. The van der Waals surface area contributed by atoms with Crippen LogP contribution in [0.1, 0.15) is 29.3 Å². The zero-order valence-electron chi connectivity index (χ0n) is 8.03. The van der Waals surface area contributed by atoms with Gasteiger partial charge in [-0.25, -0.2) is 0 Å². The molecular weight excluding hydrogens is 174 g/mol. The van der Waals surface area contributed by atoms with Gasteiger partial charge in [0.2, 0.25) is 5.78 Å². The van der Waals surface area contributed by atoms with E-state index >= 15 is 0 Å². The maximum absolute atomic E-state index is 11.8. The topological polar surface area (TPSA) is 29.4 Å². The molecule has 0 fully saturated rings. The Hall–Kier alpha value is -1.70. The number of nitrogens with zero attached hydrogens (tertiary/aromatic N) is 1. The minimum atomic E-state index is 0.0324. The van der Waals surface area contributed by atoms with Crippen molar-refractivity contribution in [2.24, 2.45) is 4.99 Å². The van der Waals surface area contributed by atoms with Crippen molar-refractivity contribution < 1.29 is 4.79 Å². The van der Waals surface area contributed by atoms with Gasteiger partial charge < -0.3 is 0 Å². The first-order valence-electron chi connectivity index (χ1n) is 4.71. The van der Waals surface area contributed by atoms with E-state index in [9.17, 15) is 4.79 Å². The Morgan fingerprint density at radius 1 is 1.36 bits per heavy atom. The van der Waals surface area contributed by atoms with Crippen LogP contribution in [-0.2, 0) is 0 Å². The Bertz CT molecular complexity index is 430. The highest BCUT2D eigenvalue weighted by Gasteiger charge is 2.17. The van der Waals surface area contributed by atoms with Crippen molar-refractivity contribution in [3.63, 3.8) is 0 Å². The molecule has 0 saturated heterocycles. The number of aliphatic imine (C=N–C) groups is 1. The van der Waals surface area contributed by atoms with E-state index in [0.717, 1.165) is 17.5 Å². The van der Waals surface area contributed by atoms with Crippen LogP contribution in [0.2, 0.25) is 0 Å². The Balaban J connectivity index is 2.50. The summed E-state index contributed by atoms with van der Waals surface area (Å²) in [5.41, 5.74) is 2.22. The predicted octanol–water partition coefficient (Wildman–Crippen LogP) is 2.60. The van der Waals surface area contributed by atoms with Crippen molar-refractivity contribution in [3.8, 4) is 0 Å². The summed E-state index contributed by atoms with van der Waals surface area (Å²) >= 11 is 0. The minimum absolute atomic E-state index is 0.0324. The van der Waals surface area contributed by atoms with Crippen molar-refractivity contribution in [3.05, 3.63) is 47.2 Å². The third-order valence-electron chi connectivity index (χ3n) is 2.18. The van der Waals surface area contributed by atoms with Crippen LogP contribution in [0.25, 0.3) is 0 Å². The molecule has 0 amide bonds. The number of fused-ring (bicyclic) bond motifs is 1. The third-order valence-corrected chi connectivity index (χ3v) is 2.18. The van der Waals surface area contributed by atoms with Crippen LogP contribution < -0.4 is 0 Å². The second-order valence-electron chi connectivity index (χ2n) is 3.17. The fourth-order valence-corrected chi connectivity index (χ4v) is 1.49. The van der Waals surface area contributed by atoms with E-state index in [0.29, 0.717) is 5.70 Å². The van der Waals surface area contributed by atoms with Gasteiger partial charge in [0.1, 0.15) is 5.70 Å². The second kappa shape index (κ2) is 3.58. The van der Waals surface area contributed by atoms with Crippen LogP contribution in [0.5, 0.6) is 0 Å². The van der Waals surface area contributed by atoms with Gasteiger partial charge in [0, 0.05) is 17.3 Å². The standard InChI is InChI=1S/C12H11NO/c1-2-5-11-12(14)10-7-4-3-6-9(10)8-13-11/h3-8H,2H2,1H3/b11-5-. The number of hydrogen-bond acceptors (Lipinski definition) is 2. The lowest BCUT2D eigenvalue weighted by atomic mass is 9.99. The largest absolute Gasteiger partial charge is 0.287 e. The molecule has 14 heavy (non-hydrogen) atoms. The summed E-state index contributed by atoms with van der Waals surface area (Å²) in [5.74, 6) is 0.0324. The first-order valence-corrected chi connectivity index (χ1v) is 4.71. The van der Waals surface area contributed by atoms with Crippen LogP contribution in [0, 0.1) is 0 Å². The molecule has 0 aliphatic carbocycles. The minimum Gasteiger partial charge on any atom is -0.287 e. The number of carbonyl (C=O) groups is 1. The summed E-state index contributed by atoms with van der Waals surface area (Å²) in [5, 5.41) is 0. The molecule has 0 spiro atoms. The van der Waals surface area contributed by atoms with E-state index in [-0.39, 0.29) is 5.78 Å². The number of rotatable bonds is 1. The zero-order chi connectivity index (χ0) is 9.97. The van der Waals surface area contributed by atoms with Crippen LogP contribution in [0.4, 0.5) is 0 Å². The lowest BCUT2D eigenvalue weighted by molar-refractivity contribution is 0.103. The fraction of sp³-hybridized carbons (Fsp3) is 0.167. The van der Waals surface area contributed by atoms with E-state index in [2.05, 4.69) is 4.99 Å². The van der Waals surface area contributed by atoms with Gasteiger partial charge in [0.25, 0.3) is 0 Å². The molecule has 0 bridgehead atoms. The molecule has 0 N–H and O–H groups in total. The summed E-state index contributed by atoms with van der Waals surface area (Å²) < 4.78 is 0. The van der Waals surface area contributed by atoms with Crippen molar-refractivity contribution >= 4 is 12.0 Å². The number of Topliss-reactive ketones (excluding diaryl/α,β-unsaturated/α-hetero) is 1. The van der Waals surface area contributed by atoms with Crippen LogP contribution in [0.15, 0.2) is 41.0 Å². The van der Waals surface area contributed by atoms with Gasteiger partial charge in [-0.3, -0.25) is 9.79 Å². The first-order chi connectivity index (χ1) is 6.83. The molecule has 2 nitrogen and oxygen atoms in total. The van der Waals surface area contributed by atoms with E-state index in [1.807, 2.05) is 37.3 Å². The lowest BCUT2D eigenvalue weighted by Crippen LogP contribution is -2.10. The quantitative estimate of drug-likeness (QED) is 0.618. The Kier molecular flexibility index (Phi) is 2.27. The van der Waals surface area contributed by atoms with Gasteiger partial charge in [-0.1, -0.05) is 37.3 Å².